The zero-order valence-corrected chi connectivity index (χ0v) is 25.8. The van der Waals surface area contributed by atoms with Gasteiger partial charge in [-0.15, -0.1) is 0 Å². The van der Waals surface area contributed by atoms with E-state index < -0.39 is 0 Å². The number of hydrogen-bond donors (Lipinski definition) is 0. The molecule has 0 bridgehead atoms. The van der Waals surface area contributed by atoms with Gasteiger partial charge in [-0.05, 0) is 102 Å². The number of benzene rings is 9. The lowest BCUT2D eigenvalue weighted by molar-refractivity contribution is 1.29. The monoisotopic (exact) mass is 597 g/mol. The average molecular weight is 598 g/mol. The Kier molecular flexibility index (Phi) is 6.54. The van der Waals surface area contributed by atoms with E-state index in [1.54, 1.807) is 0 Å². The third-order valence-electron chi connectivity index (χ3n) is 9.42. The lowest BCUT2D eigenvalue weighted by atomic mass is 9.94. The zero-order valence-electron chi connectivity index (χ0n) is 25.8. The number of rotatable bonds is 5. The molecule has 0 fully saturated rings. The van der Waals surface area contributed by atoms with Crippen LogP contribution in [0.3, 0.4) is 0 Å². The highest BCUT2D eigenvalue weighted by Gasteiger charge is 2.17. The van der Waals surface area contributed by atoms with Gasteiger partial charge in [0.1, 0.15) is 0 Å². The van der Waals surface area contributed by atoms with Gasteiger partial charge in [-0.3, -0.25) is 0 Å². The highest BCUT2D eigenvalue weighted by atomic mass is 15.1. The predicted octanol–water partition coefficient (Wildman–Crippen LogP) is 13.1. The molecule has 0 aliphatic heterocycles. The van der Waals surface area contributed by atoms with Crippen molar-refractivity contribution < 1.29 is 0 Å². The Morgan fingerprint density at radius 3 is 1.49 bits per heavy atom. The van der Waals surface area contributed by atoms with Gasteiger partial charge in [0.05, 0.1) is 0 Å². The summed E-state index contributed by atoms with van der Waals surface area (Å²) in [5.74, 6) is 0. The maximum atomic E-state index is 2.39. The molecule has 9 rings (SSSR count). The molecule has 0 saturated carbocycles. The normalized spacial score (nSPS) is 11.4. The Bertz CT molecular complexity index is 2520. The second-order valence-electron chi connectivity index (χ2n) is 12.1. The topological polar surface area (TPSA) is 3.24 Å². The van der Waals surface area contributed by atoms with Crippen LogP contribution in [-0.4, -0.2) is 0 Å². The van der Waals surface area contributed by atoms with Gasteiger partial charge in [0, 0.05) is 17.1 Å². The Balaban J connectivity index is 1.25. The minimum atomic E-state index is 1.11. The van der Waals surface area contributed by atoms with Gasteiger partial charge in [-0.2, -0.15) is 0 Å². The summed E-state index contributed by atoms with van der Waals surface area (Å²) < 4.78 is 0. The third kappa shape index (κ3) is 4.72. The highest BCUT2D eigenvalue weighted by molar-refractivity contribution is 6.25. The minimum Gasteiger partial charge on any atom is -0.310 e. The van der Waals surface area contributed by atoms with Crippen molar-refractivity contribution in [1.82, 2.24) is 0 Å². The zero-order chi connectivity index (χ0) is 31.2. The molecule has 0 atom stereocenters. The first-order valence-corrected chi connectivity index (χ1v) is 16.2. The molecular formula is C46H31N. The van der Waals surface area contributed by atoms with Crippen molar-refractivity contribution >= 4 is 60.2 Å². The van der Waals surface area contributed by atoms with E-state index in [4.69, 9.17) is 0 Å². The highest BCUT2D eigenvalue weighted by Crippen LogP contribution is 2.42. The second kappa shape index (κ2) is 11.3. The van der Waals surface area contributed by atoms with Crippen molar-refractivity contribution in [3.63, 3.8) is 0 Å². The molecular weight excluding hydrogens is 567 g/mol. The lowest BCUT2D eigenvalue weighted by Gasteiger charge is -2.27. The smallest absolute Gasteiger partial charge is 0.0468 e. The molecule has 0 radical (unpaired) electrons. The van der Waals surface area contributed by atoms with Gasteiger partial charge in [0.25, 0.3) is 0 Å². The third-order valence-corrected chi connectivity index (χ3v) is 9.42. The van der Waals surface area contributed by atoms with E-state index in [1.807, 2.05) is 0 Å². The fourth-order valence-electron chi connectivity index (χ4n) is 7.20. The summed E-state index contributed by atoms with van der Waals surface area (Å²) in [6, 6.07) is 68.2. The van der Waals surface area contributed by atoms with Crippen molar-refractivity contribution in [2.45, 2.75) is 0 Å². The standard InChI is InChI=1S/C46H31N/c1-2-12-32(13-3-1)35-16-10-17-37(30-35)47(36-26-24-34(25-27-36)40-23-11-15-33-14-4-5-18-39(33)40)38-28-29-45-43-21-7-6-19-41(43)42-20-8-9-22-44(42)46(45)31-38/h1-31H. The Hall–Kier alpha value is -6.18. The van der Waals surface area contributed by atoms with Crippen molar-refractivity contribution in [3.8, 4) is 22.3 Å². The molecule has 0 aliphatic rings. The summed E-state index contributed by atoms with van der Waals surface area (Å²) >= 11 is 0. The van der Waals surface area contributed by atoms with E-state index in [9.17, 15) is 0 Å². The van der Waals surface area contributed by atoms with E-state index in [1.165, 1.54) is 65.3 Å². The molecule has 0 saturated heterocycles. The molecule has 0 aliphatic carbocycles. The fraction of sp³-hybridized carbons (Fsp3) is 0. The van der Waals surface area contributed by atoms with Crippen LogP contribution in [0, 0.1) is 0 Å². The largest absolute Gasteiger partial charge is 0.310 e. The van der Waals surface area contributed by atoms with Crippen LogP contribution in [-0.2, 0) is 0 Å². The fourth-order valence-corrected chi connectivity index (χ4v) is 7.20. The van der Waals surface area contributed by atoms with Crippen LogP contribution in [0.5, 0.6) is 0 Å². The van der Waals surface area contributed by atoms with E-state index in [2.05, 4.69) is 193 Å². The van der Waals surface area contributed by atoms with Crippen molar-refractivity contribution in [2.24, 2.45) is 0 Å². The first kappa shape index (κ1) is 27.2. The Morgan fingerprint density at radius 2 is 0.766 bits per heavy atom. The van der Waals surface area contributed by atoms with Crippen LogP contribution in [0.25, 0.3) is 65.3 Å². The van der Waals surface area contributed by atoms with Gasteiger partial charge in [-0.25, -0.2) is 0 Å². The van der Waals surface area contributed by atoms with Crippen LogP contribution >= 0.6 is 0 Å². The number of anilines is 3. The molecule has 9 aromatic rings. The van der Waals surface area contributed by atoms with Crippen LogP contribution in [0.2, 0.25) is 0 Å². The van der Waals surface area contributed by atoms with E-state index in [0.29, 0.717) is 0 Å². The van der Waals surface area contributed by atoms with Crippen LogP contribution in [0.15, 0.2) is 188 Å². The number of fused-ring (bicyclic) bond motifs is 7. The summed E-state index contributed by atoms with van der Waals surface area (Å²) in [4.78, 5) is 2.39. The summed E-state index contributed by atoms with van der Waals surface area (Å²) in [7, 11) is 0. The molecule has 0 amide bonds. The molecule has 0 heterocycles. The maximum Gasteiger partial charge on any atom is 0.0468 e. The maximum absolute atomic E-state index is 2.39. The van der Waals surface area contributed by atoms with Gasteiger partial charge in [0.15, 0.2) is 0 Å². The van der Waals surface area contributed by atoms with Crippen molar-refractivity contribution in [3.05, 3.63) is 188 Å². The minimum absolute atomic E-state index is 1.11. The number of nitrogens with zero attached hydrogens (tertiary/aromatic N) is 1. The van der Waals surface area contributed by atoms with Crippen molar-refractivity contribution in [1.29, 1.82) is 0 Å². The summed E-state index contributed by atoms with van der Waals surface area (Å²) in [6.45, 7) is 0. The van der Waals surface area contributed by atoms with E-state index in [0.717, 1.165) is 17.1 Å². The first-order valence-electron chi connectivity index (χ1n) is 16.2. The van der Waals surface area contributed by atoms with Crippen LogP contribution in [0.4, 0.5) is 17.1 Å². The molecule has 220 valence electrons. The molecule has 1 nitrogen and oxygen atoms in total. The molecule has 0 unspecified atom stereocenters. The van der Waals surface area contributed by atoms with Crippen molar-refractivity contribution in [2.75, 3.05) is 4.90 Å². The van der Waals surface area contributed by atoms with Gasteiger partial charge < -0.3 is 4.90 Å². The molecule has 0 aromatic heterocycles. The van der Waals surface area contributed by atoms with E-state index in [-0.39, 0.29) is 0 Å². The summed E-state index contributed by atoms with van der Waals surface area (Å²) in [6.07, 6.45) is 0. The van der Waals surface area contributed by atoms with Crippen LogP contribution < -0.4 is 4.90 Å². The van der Waals surface area contributed by atoms with Gasteiger partial charge in [-0.1, -0.05) is 152 Å². The molecule has 9 aromatic carbocycles. The summed E-state index contributed by atoms with van der Waals surface area (Å²) in [5, 5.41) is 10.2. The van der Waals surface area contributed by atoms with Gasteiger partial charge in [0.2, 0.25) is 0 Å². The SMILES string of the molecule is c1ccc(-c2cccc(N(c3ccc(-c4cccc5ccccc45)cc3)c3ccc4c5ccccc5c5ccccc5c4c3)c2)cc1. The molecule has 47 heavy (non-hydrogen) atoms. The Labute approximate surface area is 274 Å². The second-order valence-corrected chi connectivity index (χ2v) is 12.1. The van der Waals surface area contributed by atoms with E-state index >= 15 is 0 Å². The van der Waals surface area contributed by atoms with Crippen LogP contribution in [0.1, 0.15) is 0 Å². The Morgan fingerprint density at radius 1 is 0.255 bits per heavy atom. The molecule has 1 heteroatoms. The first-order chi connectivity index (χ1) is 23.3. The number of hydrogen-bond acceptors (Lipinski definition) is 1. The predicted molar refractivity (Wildman–Crippen MR) is 202 cm³/mol. The molecule has 0 N–H and O–H groups in total. The quantitative estimate of drug-likeness (QED) is 0.178. The lowest BCUT2D eigenvalue weighted by Crippen LogP contribution is -2.10. The average Bonchev–Trinajstić information content (AvgIpc) is 3.16. The summed E-state index contributed by atoms with van der Waals surface area (Å²) in [5.41, 5.74) is 8.21. The van der Waals surface area contributed by atoms with Gasteiger partial charge >= 0.3 is 0 Å². The molecule has 0 spiro atoms.